The summed E-state index contributed by atoms with van der Waals surface area (Å²) in [6, 6.07) is 0. The lowest BCUT2D eigenvalue weighted by atomic mass is 9.94. The van der Waals surface area contributed by atoms with Crippen LogP contribution in [0.4, 0.5) is 8.78 Å². The minimum Gasteiger partial charge on any atom is -0.317 e. The Morgan fingerprint density at radius 2 is 1.83 bits per heavy atom. The van der Waals surface area contributed by atoms with Crippen molar-refractivity contribution in [3.8, 4) is 0 Å². The van der Waals surface area contributed by atoms with Crippen LogP contribution in [-0.4, -0.2) is 24.8 Å². The number of ether oxygens (including phenoxy) is 1. The standard InChI is InChI=1S/C8H15F2NO/c1-7(12-8(2,9)10)3-5-11-6-4-7/h11H,3-6H2,1-2H3. The molecule has 1 fully saturated rings. The lowest BCUT2D eigenvalue weighted by Gasteiger charge is -2.35. The van der Waals surface area contributed by atoms with Crippen LogP contribution in [0.15, 0.2) is 0 Å². The monoisotopic (exact) mass is 179 g/mol. The maximum absolute atomic E-state index is 12.5. The van der Waals surface area contributed by atoms with Crippen LogP contribution in [0, 0.1) is 0 Å². The van der Waals surface area contributed by atoms with Crippen LogP contribution in [0.25, 0.3) is 0 Å². The quantitative estimate of drug-likeness (QED) is 0.697. The van der Waals surface area contributed by atoms with Crippen molar-refractivity contribution in [3.05, 3.63) is 0 Å². The number of nitrogens with one attached hydrogen (secondary N) is 1. The second-order valence-corrected chi connectivity index (χ2v) is 3.61. The highest BCUT2D eigenvalue weighted by Crippen LogP contribution is 2.29. The van der Waals surface area contributed by atoms with Gasteiger partial charge in [-0.3, -0.25) is 0 Å². The molecule has 0 aromatic heterocycles. The van der Waals surface area contributed by atoms with Gasteiger partial charge in [0.1, 0.15) is 0 Å². The van der Waals surface area contributed by atoms with Crippen LogP contribution in [-0.2, 0) is 4.74 Å². The van der Waals surface area contributed by atoms with E-state index in [2.05, 4.69) is 5.32 Å². The van der Waals surface area contributed by atoms with E-state index >= 15 is 0 Å². The first-order valence-electron chi connectivity index (χ1n) is 4.20. The summed E-state index contributed by atoms with van der Waals surface area (Å²) in [5, 5.41) is 3.10. The fourth-order valence-corrected chi connectivity index (χ4v) is 1.49. The number of hydrogen-bond donors (Lipinski definition) is 1. The van der Waals surface area contributed by atoms with Crippen LogP contribution in [0.1, 0.15) is 26.7 Å². The van der Waals surface area contributed by atoms with Gasteiger partial charge in [0, 0.05) is 6.92 Å². The van der Waals surface area contributed by atoms with Gasteiger partial charge in [-0.05, 0) is 32.9 Å². The van der Waals surface area contributed by atoms with E-state index < -0.39 is 11.7 Å². The van der Waals surface area contributed by atoms with E-state index in [0.29, 0.717) is 12.8 Å². The molecule has 4 heteroatoms. The highest BCUT2D eigenvalue weighted by atomic mass is 19.3. The van der Waals surface area contributed by atoms with Crippen molar-refractivity contribution >= 4 is 0 Å². The molecule has 1 heterocycles. The van der Waals surface area contributed by atoms with Gasteiger partial charge in [-0.15, -0.1) is 0 Å². The molecule has 0 unspecified atom stereocenters. The van der Waals surface area contributed by atoms with Gasteiger partial charge in [0.25, 0.3) is 0 Å². The Kier molecular flexibility index (Phi) is 2.68. The Hall–Kier alpha value is -0.220. The Balaban J connectivity index is 2.47. The van der Waals surface area contributed by atoms with Gasteiger partial charge >= 0.3 is 6.11 Å². The molecule has 12 heavy (non-hydrogen) atoms. The van der Waals surface area contributed by atoms with E-state index in [-0.39, 0.29) is 0 Å². The Bertz CT molecular complexity index is 150. The highest BCUT2D eigenvalue weighted by molar-refractivity contribution is 4.82. The molecule has 0 bridgehead atoms. The van der Waals surface area contributed by atoms with Crippen molar-refractivity contribution < 1.29 is 13.5 Å². The number of hydrogen-bond acceptors (Lipinski definition) is 2. The summed E-state index contributed by atoms with van der Waals surface area (Å²) in [5.74, 6) is 0. The topological polar surface area (TPSA) is 21.3 Å². The minimum atomic E-state index is -3.01. The Morgan fingerprint density at radius 1 is 1.33 bits per heavy atom. The fourth-order valence-electron chi connectivity index (χ4n) is 1.49. The first kappa shape index (κ1) is 9.86. The van der Waals surface area contributed by atoms with E-state index in [1.165, 1.54) is 0 Å². The number of piperidine rings is 1. The third-order valence-electron chi connectivity index (χ3n) is 2.09. The van der Waals surface area contributed by atoms with Crippen molar-refractivity contribution in [2.75, 3.05) is 13.1 Å². The third kappa shape index (κ3) is 3.03. The van der Waals surface area contributed by atoms with Gasteiger partial charge in [0.05, 0.1) is 5.60 Å². The molecule has 1 rings (SSSR count). The predicted molar refractivity (Wildman–Crippen MR) is 42.2 cm³/mol. The number of rotatable bonds is 2. The second-order valence-electron chi connectivity index (χ2n) is 3.61. The van der Waals surface area contributed by atoms with Gasteiger partial charge in [0.15, 0.2) is 0 Å². The second kappa shape index (κ2) is 3.26. The molecule has 1 saturated heterocycles. The van der Waals surface area contributed by atoms with Crippen molar-refractivity contribution in [3.63, 3.8) is 0 Å². The molecule has 0 radical (unpaired) electrons. The third-order valence-corrected chi connectivity index (χ3v) is 2.09. The fraction of sp³-hybridized carbons (Fsp3) is 1.00. The summed E-state index contributed by atoms with van der Waals surface area (Å²) in [6.45, 7) is 4.05. The zero-order valence-electron chi connectivity index (χ0n) is 7.49. The smallest absolute Gasteiger partial charge is 0.317 e. The lowest BCUT2D eigenvalue weighted by Crippen LogP contribution is -2.44. The number of alkyl halides is 2. The van der Waals surface area contributed by atoms with Gasteiger partial charge in [-0.2, -0.15) is 8.78 Å². The molecule has 0 spiro atoms. The van der Waals surface area contributed by atoms with Gasteiger partial charge in [-0.1, -0.05) is 0 Å². The highest BCUT2D eigenvalue weighted by Gasteiger charge is 2.36. The Labute approximate surface area is 71.3 Å². The summed E-state index contributed by atoms with van der Waals surface area (Å²) >= 11 is 0. The predicted octanol–water partition coefficient (Wildman–Crippen LogP) is 1.76. The van der Waals surface area contributed by atoms with Crippen LogP contribution in [0.2, 0.25) is 0 Å². The summed E-state index contributed by atoms with van der Waals surface area (Å²) < 4.78 is 29.7. The molecule has 2 nitrogen and oxygen atoms in total. The SMILES string of the molecule is CC(F)(F)OC1(C)CCNCC1. The van der Waals surface area contributed by atoms with Crippen LogP contribution < -0.4 is 5.32 Å². The van der Waals surface area contributed by atoms with Crippen molar-refractivity contribution in [2.24, 2.45) is 0 Å². The van der Waals surface area contributed by atoms with Crippen molar-refractivity contribution in [1.29, 1.82) is 0 Å². The largest absolute Gasteiger partial charge is 0.353 e. The first-order valence-corrected chi connectivity index (χ1v) is 4.20. The molecule has 0 aliphatic carbocycles. The molecule has 0 atom stereocenters. The van der Waals surface area contributed by atoms with E-state index in [1.54, 1.807) is 6.92 Å². The summed E-state index contributed by atoms with van der Waals surface area (Å²) in [6.07, 6.45) is -1.71. The molecular formula is C8H15F2NO. The van der Waals surface area contributed by atoms with Crippen LogP contribution >= 0.6 is 0 Å². The maximum Gasteiger partial charge on any atom is 0.353 e. The van der Waals surface area contributed by atoms with Gasteiger partial charge < -0.3 is 10.1 Å². The van der Waals surface area contributed by atoms with E-state index in [0.717, 1.165) is 20.0 Å². The maximum atomic E-state index is 12.5. The van der Waals surface area contributed by atoms with Crippen molar-refractivity contribution in [1.82, 2.24) is 5.32 Å². The summed E-state index contributed by atoms with van der Waals surface area (Å²) in [4.78, 5) is 0. The minimum absolute atomic E-state index is 0.649. The molecule has 0 amide bonds. The molecule has 1 aliphatic rings. The van der Waals surface area contributed by atoms with E-state index in [1.807, 2.05) is 0 Å². The molecule has 72 valence electrons. The first-order chi connectivity index (χ1) is 5.41. The average molecular weight is 179 g/mol. The summed E-state index contributed by atoms with van der Waals surface area (Å²) in [5.41, 5.74) is -0.649. The molecule has 0 saturated carbocycles. The number of halogens is 2. The average Bonchev–Trinajstić information content (AvgIpc) is 1.83. The van der Waals surface area contributed by atoms with Gasteiger partial charge in [0.2, 0.25) is 0 Å². The van der Waals surface area contributed by atoms with Gasteiger partial charge in [-0.25, -0.2) is 0 Å². The summed E-state index contributed by atoms with van der Waals surface area (Å²) in [7, 11) is 0. The molecule has 0 aromatic rings. The molecule has 0 aromatic carbocycles. The van der Waals surface area contributed by atoms with E-state index in [4.69, 9.17) is 4.74 Å². The zero-order valence-corrected chi connectivity index (χ0v) is 7.49. The Morgan fingerprint density at radius 3 is 2.25 bits per heavy atom. The van der Waals surface area contributed by atoms with Crippen molar-refractivity contribution in [2.45, 2.75) is 38.4 Å². The lowest BCUT2D eigenvalue weighted by molar-refractivity contribution is -0.284. The van der Waals surface area contributed by atoms with Crippen LogP contribution in [0.3, 0.4) is 0 Å². The normalized spacial score (nSPS) is 24.0. The molecule has 1 N–H and O–H groups in total. The zero-order chi connectivity index (χ0) is 9.24. The van der Waals surface area contributed by atoms with E-state index in [9.17, 15) is 8.78 Å². The van der Waals surface area contributed by atoms with Crippen LogP contribution in [0.5, 0.6) is 0 Å². The molecular weight excluding hydrogens is 164 g/mol. The molecule has 1 aliphatic heterocycles.